The maximum atomic E-state index is 12.9. The number of methoxy groups -OCH3 is 1. The van der Waals surface area contributed by atoms with E-state index in [4.69, 9.17) is 19.6 Å². The number of ether oxygens (including phenoxy) is 2. The summed E-state index contributed by atoms with van der Waals surface area (Å²) >= 11 is 0. The predicted molar refractivity (Wildman–Crippen MR) is 159 cm³/mol. The van der Waals surface area contributed by atoms with Crippen LogP contribution >= 0.6 is 0 Å². The molecule has 2 N–H and O–H groups in total. The summed E-state index contributed by atoms with van der Waals surface area (Å²) in [6, 6.07) is 15.7. The van der Waals surface area contributed by atoms with Gasteiger partial charge in [-0.15, -0.1) is 0 Å². The second-order valence-electron chi connectivity index (χ2n) is 10.9. The Morgan fingerprint density at radius 1 is 1.07 bits per heavy atom. The van der Waals surface area contributed by atoms with Gasteiger partial charge in [-0.2, -0.15) is 5.10 Å². The highest BCUT2D eigenvalue weighted by molar-refractivity contribution is 6.76. The van der Waals surface area contributed by atoms with Crippen LogP contribution in [-0.2, 0) is 11.5 Å². The lowest BCUT2D eigenvalue weighted by Crippen LogP contribution is -2.23. The number of pyridine rings is 1. The molecule has 4 aromatic rings. The molecule has 2 amide bonds. The summed E-state index contributed by atoms with van der Waals surface area (Å²) < 4.78 is 13.4. The van der Waals surface area contributed by atoms with Gasteiger partial charge in [0.15, 0.2) is 5.65 Å². The van der Waals surface area contributed by atoms with Crippen molar-refractivity contribution in [3.8, 4) is 28.1 Å². The molecule has 0 spiro atoms. The van der Waals surface area contributed by atoms with Gasteiger partial charge >= 0.3 is 6.09 Å². The zero-order valence-corrected chi connectivity index (χ0v) is 24.7. The lowest BCUT2D eigenvalue weighted by molar-refractivity contribution is 0.0814. The number of rotatable bonds is 10. The van der Waals surface area contributed by atoms with Crippen LogP contribution in [0.2, 0.25) is 25.7 Å². The molecule has 0 aliphatic heterocycles. The van der Waals surface area contributed by atoms with Crippen molar-refractivity contribution in [2.45, 2.75) is 32.4 Å². The maximum absolute atomic E-state index is 12.9. The first kappa shape index (κ1) is 28.8. The van der Waals surface area contributed by atoms with Gasteiger partial charge in [0.05, 0.1) is 18.4 Å². The number of anilines is 1. The summed E-state index contributed by atoms with van der Waals surface area (Å²) in [7, 11) is 3.62. The standard InChI is InChI=1S/C29H35N5O5Si/c1-33(2)28(35)22-15-19(11-12-24(22)31-29(36)37)20-16-23-26(21-9-7-8-10-25(21)38-3)32-34(27(23)30-17-20)18-39-13-14-40(4,5)6/h7-12,15-17,31H,13-14,18H2,1-6H3,(H,36,37). The average Bonchev–Trinajstić information content (AvgIpc) is 3.27. The first-order valence-corrected chi connectivity index (χ1v) is 16.6. The number of carboxylic acid groups (broad SMARTS) is 1. The van der Waals surface area contributed by atoms with Crippen LogP contribution in [0.5, 0.6) is 5.75 Å². The lowest BCUT2D eigenvalue weighted by Gasteiger charge is -2.15. The van der Waals surface area contributed by atoms with Crippen molar-refractivity contribution >= 4 is 36.8 Å². The fraction of sp³-hybridized carbons (Fsp3) is 0.310. The van der Waals surface area contributed by atoms with Gasteiger partial charge in [-0.05, 0) is 41.9 Å². The molecule has 0 atom stereocenters. The molecule has 2 aromatic carbocycles. The van der Waals surface area contributed by atoms with Crippen molar-refractivity contribution in [2.24, 2.45) is 0 Å². The molecule has 0 radical (unpaired) electrons. The molecule has 0 saturated carbocycles. The highest BCUT2D eigenvalue weighted by Crippen LogP contribution is 2.36. The minimum absolute atomic E-state index is 0.210. The van der Waals surface area contributed by atoms with Crippen molar-refractivity contribution in [1.29, 1.82) is 0 Å². The number of fused-ring (bicyclic) bond motifs is 1. The van der Waals surface area contributed by atoms with Gasteiger partial charge in [-0.3, -0.25) is 10.1 Å². The molecule has 0 aliphatic carbocycles. The first-order chi connectivity index (χ1) is 19.0. The van der Waals surface area contributed by atoms with Crippen LogP contribution in [0.3, 0.4) is 0 Å². The molecule has 2 aromatic heterocycles. The van der Waals surface area contributed by atoms with E-state index >= 15 is 0 Å². The summed E-state index contributed by atoms with van der Waals surface area (Å²) in [5.74, 6) is 0.361. The number of nitrogens with zero attached hydrogens (tertiary/aromatic N) is 4. The minimum atomic E-state index is -1.25. The molecule has 11 heteroatoms. The third-order valence-electron chi connectivity index (χ3n) is 6.39. The van der Waals surface area contributed by atoms with E-state index in [0.29, 0.717) is 29.3 Å². The Balaban J connectivity index is 1.81. The number of hydrogen-bond donors (Lipinski definition) is 2. The average molecular weight is 562 g/mol. The molecular formula is C29H35N5O5Si. The summed E-state index contributed by atoms with van der Waals surface area (Å²) in [6.45, 7) is 7.84. The van der Waals surface area contributed by atoms with Crippen molar-refractivity contribution in [3.05, 3.63) is 60.3 Å². The maximum Gasteiger partial charge on any atom is 0.409 e. The zero-order chi connectivity index (χ0) is 29.0. The smallest absolute Gasteiger partial charge is 0.409 e. The second-order valence-corrected chi connectivity index (χ2v) is 16.5. The number of nitrogens with one attached hydrogen (secondary N) is 1. The van der Waals surface area contributed by atoms with E-state index in [0.717, 1.165) is 22.6 Å². The van der Waals surface area contributed by atoms with Crippen LogP contribution in [-0.4, -0.2) is 72.7 Å². The van der Waals surface area contributed by atoms with Crippen LogP contribution in [0.4, 0.5) is 10.5 Å². The Labute approximate surface area is 234 Å². The number of hydrogen-bond acceptors (Lipinski definition) is 6. The summed E-state index contributed by atoms with van der Waals surface area (Å²) in [5.41, 5.74) is 4.08. The normalized spacial score (nSPS) is 11.4. The predicted octanol–water partition coefficient (Wildman–Crippen LogP) is 5.88. The van der Waals surface area contributed by atoms with Crippen LogP contribution in [0.1, 0.15) is 10.4 Å². The number of amides is 2. The molecule has 0 saturated heterocycles. The SMILES string of the molecule is COc1ccccc1-c1nn(COCC[Si](C)(C)C)c2ncc(-c3ccc(NC(=O)O)c(C(=O)N(C)C)c3)cc12. The van der Waals surface area contributed by atoms with Gasteiger partial charge in [0.25, 0.3) is 5.91 Å². The van der Waals surface area contributed by atoms with Crippen molar-refractivity contribution in [2.75, 3.05) is 33.1 Å². The Hall–Kier alpha value is -4.22. The van der Waals surface area contributed by atoms with Crippen LogP contribution in [0.25, 0.3) is 33.4 Å². The summed E-state index contributed by atoms with van der Waals surface area (Å²) in [6.07, 6.45) is 0.475. The van der Waals surface area contributed by atoms with Crippen LogP contribution < -0.4 is 10.1 Å². The molecule has 10 nitrogen and oxygen atoms in total. The van der Waals surface area contributed by atoms with Gasteiger partial charge in [0.1, 0.15) is 18.2 Å². The fourth-order valence-electron chi connectivity index (χ4n) is 4.24. The highest BCUT2D eigenvalue weighted by Gasteiger charge is 2.20. The molecule has 0 aliphatic rings. The number of aromatic nitrogens is 3. The van der Waals surface area contributed by atoms with E-state index in [1.807, 2.05) is 30.3 Å². The van der Waals surface area contributed by atoms with Gasteiger partial charge in [-0.25, -0.2) is 14.5 Å². The summed E-state index contributed by atoms with van der Waals surface area (Å²) in [4.78, 5) is 30.3. The molecular weight excluding hydrogens is 526 g/mol. The van der Waals surface area contributed by atoms with E-state index in [9.17, 15) is 14.7 Å². The van der Waals surface area contributed by atoms with E-state index in [-0.39, 0.29) is 23.9 Å². The van der Waals surface area contributed by atoms with Crippen molar-refractivity contribution < 1.29 is 24.2 Å². The second kappa shape index (κ2) is 11.9. The Morgan fingerprint density at radius 2 is 1.82 bits per heavy atom. The molecule has 4 rings (SSSR count). The van der Waals surface area contributed by atoms with E-state index in [1.165, 1.54) is 4.90 Å². The van der Waals surface area contributed by atoms with Gasteiger partial charge in [-0.1, -0.05) is 37.8 Å². The Bertz CT molecular complexity index is 1540. The third kappa shape index (κ3) is 6.49. The van der Waals surface area contributed by atoms with Gasteiger partial charge < -0.3 is 19.5 Å². The van der Waals surface area contributed by atoms with Crippen molar-refractivity contribution in [3.63, 3.8) is 0 Å². The first-order valence-electron chi connectivity index (χ1n) is 12.9. The van der Waals surface area contributed by atoms with Crippen LogP contribution in [0.15, 0.2) is 54.7 Å². The zero-order valence-electron chi connectivity index (χ0n) is 23.7. The largest absolute Gasteiger partial charge is 0.496 e. The molecule has 40 heavy (non-hydrogen) atoms. The number of carbonyl (C=O) groups excluding carboxylic acids is 1. The number of benzene rings is 2. The Morgan fingerprint density at radius 3 is 2.50 bits per heavy atom. The minimum Gasteiger partial charge on any atom is -0.496 e. The van der Waals surface area contributed by atoms with E-state index in [1.54, 1.807) is 50.3 Å². The van der Waals surface area contributed by atoms with Crippen LogP contribution in [0, 0.1) is 0 Å². The molecule has 0 unspecified atom stereocenters. The number of para-hydroxylation sites is 1. The fourth-order valence-corrected chi connectivity index (χ4v) is 5.00. The molecule has 0 bridgehead atoms. The number of carbonyl (C=O) groups is 2. The molecule has 210 valence electrons. The molecule has 2 heterocycles. The van der Waals surface area contributed by atoms with E-state index in [2.05, 4.69) is 25.0 Å². The van der Waals surface area contributed by atoms with Crippen molar-refractivity contribution in [1.82, 2.24) is 19.7 Å². The summed E-state index contributed by atoms with van der Waals surface area (Å²) in [5, 5.41) is 17.2. The lowest BCUT2D eigenvalue weighted by atomic mass is 10.0. The monoisotopic (exact) mass is 561 g/mol. The van der Waals surface area contributed by atoms with Gasteiger partial charge in [0.2, 0.25) is 0 Å². The van der Waals surface area contributed by atoms with Gasteiger partial charge in [0, 0.05) is 51.5 Å². The quantitative estimate of drug-likeness (QED) is 0.183. The Kier molecular flexibility index (Phi) is 8.55. The third-order valence-corrected chi connectivity index (χ3v) is 8.09. The van der Waals surface area contributed by atoms with E-state index < -0.39 is 14.2 Å². The topological polar surface area (TPSA) is 119 Å². The molecule has 0 fully saturated rings. The highest BCUT2D eigenvalue weighted by atomic mass is 28.3.